The Morgan fingerprint density at radius 1 is 1.26 bits per heavy atom. The van der Waals surface area contributed by atoms with Crippen molar-refractivity contribution in [1.29, 1.82) is 0 Å². The second-order valence-corrected chi connectivity index (χ2v) is 10.6. The second kappa shape index (κ2) is 7.35. The van der Waals surface area contributed by atoms with E-state index in [1.807, 2.05) is 10.9 Å². The van der Waals surface area contributed by atoms with Crippen molar-refractivity contribution in [1.82, 2.24) is 15.1 Å². The van der Waals surface area contributed by atoms with Gasteiger partial charge in [0.1, 0.15) is 5.75 Å². The van der Waals surface area contributed by atoms with Crippen LogP contribution in [0.1, 0.15) is 61.7 Å². The molecule has 1 aromatic heterocycles. The number of fused-ring (bicyclic) bond motifs is 1. The highest BCUT2D eigenvalue weighted by molar-refractivity contribution is 6.30. The van der Waals surface area contributed by atoms with E-state index in [0.717, 1.165) is 24.8 Å². The van der Waals surface area contributed by atoms with Crippen LogP contribution in [-0.2, 0) is 15.1 Å². The fourth-order valence-electron chi connectivity index (χ4n) is 5.96. The average molecular weight is 498 g/mol. The van der Waals surface area contributed by atoms with E-state index in [-0.39, 0.29) is 29.3 Å². The van der Waals surface area contributed by atoms with Crippen molar-refractivity contribution in [2.45, 2.75) is 80.2 Å². The summed E-state index contributed by atoms with van der Waals surface area (Å²) in [5.74, 6) is 0.231. The molecule has 2 N–H and O–H groups in total. The molecule has 0 spiro atoms. The van der Waals surface area contributed by atoms with E-state index in [9.17, 15) is 23.1 Å². The second-order valence-electron chi connectivity index (χ2n) is 10.1. The van der Waals surface area contributed by atoms with Crippen molar-refractivity contribution in [2.24, 2.45) is 0 Å². The summed E-state index contributed by atoms with van der Waals surface area (Å²) < 4.78 is 48.8. The van der Waals surface area contributed by atoms with Gasteiger partial charge in [0.05, 0.1) is 23.9 Å². The molecule has 1 aromatic carbocycles. The van der Waals surface area contributed by atoms with Gasteiger partial charge >= 0.3 is 6.36 Å². The Hall–Kier alpha value is -2.30. The fourth-order valence-corrected chi connectivity index (χ4v) is 6.14. The Kier molecular flexibility index (Phi) is 4.80. The molecule has 11 heteroatoms. The Morgan fingerprint density at radius 2 is 2.00 bits per heavy atom. The van der Waals surface area contributed by atoms with Crippen molar-refractivity contribution in [3.8, 4) is 5.75 Å². The number of hydrogen-bond acceptors (Lipinski definition) is 5. The fraction of sp³-hybridized carbons (Fsp3) is 0.565. The van der Waals surface area contributed by atoms with Crippen LogP contribution in [0.4, 0.5) is 13.2 Å². The molecule has 34 heavy (non-hydrogen) atoms. The predicted octanol–water partition coefficient (Wildman–Crippen LogP) is 3.95. The first-order valence-corrected chi connectivity index (χ1v) is 11.7. The van der Waals surface area contributed by atoms with Gasteiger partial charge in [0.15, 0.2) is 6.10 Å². The monoisotopic (exact) mass is 497 g/mol. The lowest BCUT2D eigenvalue weighted by molar-refractivity contribution is -0.351. The minimum absolute atomic E-state index is 0.0229. The molecule has 1 aliphatic heterocycles. The standard InChI is InChI=1S/C23H23ClF3N3O4/c24-14-1-2-18-16(5-14)17(31)6-19(33-18)20(32)29-21-9-22(10-21,11-21)30-8-13(7-28-30)12-3-15(4-12)34-23(25,26)27/h1-2,5,7-8,12,15,17,19,31H,3-4,6,9-11H2,(H,29,32)/t12?,15?,17-,19+,21?,22?/m1/s1. The minimum atomic E-state index is -4.59. The smallest absolute Gasteiger partial charge is 0.480 e. The summed E-state index contributed by atoms with van der Waals surface area (Å²) >= 11 is 5.98. The summed E-state index contributed by atoms with van der Waals surface area (Å²) in [5.41, 5.74) is 1.04. The highest BCUT2D eigenvalue weighted by atomic mass is 35.5. The molecule has 0 saturated heterocycles. The first kappa shape index (κ1) is 22.2. The summed E-state index contributed by atoms with van der Waals surface area (Å²) in [6.07, 6.45) is -0.318. The molecule has 2 atom stereocenters. The molecule has 1 amide bonds. The number of hydrogen-bond donors (Lipinski definition) is 2. The molecule has 182 valence electrons. The van der Waals surface area contributed by atoms with Crippen LogP contribution in [-0.4, -0.2) is 44.9 Å². The van der Waals surface area contributed by atoms with Crippen LogP contribution in [0.15, 0.2) is 30.6 Å². The zero-order valence-electron chi connectivity index (χ0n) is 18.0. The van der Waals surface area contributed by atoms with Gasteiger partial charge < -0.3 is 15.2 Å². The van der Waals surface area contributed by atoms with E-state index in [4.69, 9.17) is 16.3 Å². The number of aromatic nitrogens is 2. The third-order valence-electron chi connectivity index (χ3n) is 7.68. The number of aliphatic hydroxyl groups excluding tert-OH is 1. The predicted molar refractivity (Wildman–Crippen MR) is 113 cm³/mol. The normalized spacial score (nSPS) is 35.8. The van der Waals surface area contributed by atoms with Crippen molar-refractivity contribution in [3.05, 3.63) is 46.7 Å². The van der Waals surface area contributed by atoms with E-state index >= 15 is 0 Å². The lowest BCUT2D eigenvalue weighted by Gasteiger charge is -2.70. The summed E-state index contributed by atoms with van der Waals surface area (Å²) in [7, 11) is 0. The van der Waals surface area contributed by atoms with Crippen LogP contribution < -0.4 is 10.1 Å². The SMILES string of the molecule is O=C(NC12CC(n3cc(C4CC(OC(F)(F)F)C4)cn3)(C1)C2)[C@@H]1C[C@@H](O)c2cc(Cl)ccc2O1. The van der Waals surface area contributed by atoms with Crippen molar-refractivity contribution in [3.63, 3.8) is 0 Å². The minimum Gasteiger partial charge on any atom is -0.480 e. The largest absolute Gasteiger partial charge is 0.522 e. The Labute approximate surface area is 198 Å². The van der Waals surface area contributed by atoms with Gasteiger partial charge in [-0.1, -0.05) is 11.6 Å². The van der Waals surface area contributed by atoms with Crippen LogP contribution in [0.25, 0.3) is 0 Å². The first-order chi connectivity index (χ1) is 16.0. The molecule has 7 nitrogen and oxygen atoms in total. The number of aliphatic hydroxyl groups is 1. The van der Waals surface area contributed by atoms with Crippen molar-refractivity contribution in [2.75, 3.05) is 0 Å². The average Bonchev–Trinajstić information content (AvgIpc) is 3.14. The number of carbonyl (C=O) groups excluding carboxylic acids is 1. The maximum Gasteiger partial charge on any atom is 0.522 e. The molecular weight excluding hydrogens is 475 g/mol. The Morgan fingerprint density at radius 3 is 2.71 bits per heavy atom. The number of rotatable bonds is 5. The number of alkyl halides is 3. The molecule has 2 bridgehead atoms. The number of halogens is 4. The van der Waals surface area contributed by atoms with E-state index in [1.54, 1.807) is 24.4 Å². The molecular formula is C23H23ClF3N3O4. The lowest BCUT2D eigenvalue weighted by atomic mass is 9.44. The molecule has 7 rings (SSSR count). The van der Waals surface area contributed by atoms with Gasteiger partial charge in [0, 0.05) is 28.7 Å². The van der Waals surface area contributed by atoms with Gasteiger partial charge in [0.2, 0.25) is 0 Å². The maximum atomic E-state index is 12.9. The molecule has 2 aromatic rings. The number of benzene rings is 1. The van der Waals surface area contributed by atoms with Crippen LogP contribution >= 0.6 is 11.6 Å². The van der Waals surface area contributed by atoms with Crippen LogP contribution in [0.2, 0.25) is 5.02 Å². The summed E-state index contributed by atoms with van der Waals surface area (Å²) in [5, 5.41) is 18.5. The topological polar surface area (TPSA) is 85.6 Å². The molecule has 0 unspecified atom stereocenters. The number of amides is 1. The highest BCUT2D eigenvalue weighted by Gasteiger charge is 2.70. The van der Waals surface area contributed by atoms with Gasteiger partial charge in [-0.2, -0.15) is 5.10 Å². The highest BCUT2D eigenvalue weighted by Crippen LogP contribution is 2.65. The maximum absolute atomic E-state index is 12.9. The zero-order valence-corrected chi connectivity index (χ0v) is 18.8. The van der Waals surface area contributed by atoms with Gasteiger partial charge in [-0.05, 0) is 61.8 Å². The number of ether oxygens (including phenoxy) is 2. The van der Waals surface area contributed by atoms with Crippen molar-refractivity contribution >= 4 is 17.5 Å². The molecule has 2 heterocycles. The van der Waals surface area contributed by atoms with E-state index in [2.05, 4.69) is 15.2 Å². The number of nitrogens with one attached hydrogen (secondary N) is 1. The van der Waals surface area contributed by atoms with Gasteiger partial charge in [0.25, 0.3) is 5.91 Å². The first-order valence-electron chi connectivity index (χ1n) is 11.3. The molecule has 5 aliphatic rings. The van der Waals surface area contributed by atoms with Gasteiger partial charge in [-0.3, -0.25) is 14.2 Å². The van der Waals surface area contributed by atoms with E-state index in [1.165, 1.54) is 0 Å². The van der Waals surface area contributed by atoms with E-state index in [0.29, 0.717) is 29.2 Å². The summed E-state index contributed by atoms with van der Waals surface area (Å²) in [6.45, 7) is 0. The van der Waals surface area contributed by atoms with Crippen LogP contribution in [0, 0.1) is 0 Å². The quantitative estimate of drug-likeness (QED) is 0.653. The third kappa shape index (κ3) is 3.67. The third-order valence-corrected chi connectivity index (χ3v) is 7.91. The van der Waals surface area contributed by atoms with Gasteiger partial charge in [-0.25, -0.2) is 0 Å². The van der Waals surface area contributed by atoms with Crippen molar-refractivity contribution < 1.29 is 32.5 Å². The summed E-state index contributed by atoms with van der Waals surface area (Å²) in [4.78, 5) is 12.9. The Balaban J connectivity index is 1.03. The van der Waals surface area contributed by atoms with E-state index < -0.39 is 24.7 Å². The lowest BCUT2D eigenvalue weighted by Crippen LogP contribution is -2.79. The van der Waals surface area contributed by atoms with Crippen LogP contribution in [0.3, 0.4) is 0 Å². The number of nitrogens with zero attached hydrogens (tertiary/aromatic N) is 2. The zero-order chi connectivity index (χ0) is 23.9. The molecule has 4 fully saturated rings. The molecule has 4 saturated carbocycles. The van der Waals surface area contributed by atoms with Crippen LogP contribution in [0.5, 0.6) is 5.75 Å². The Bertz CT molecular complexity index is 1130. The van der Waals surface area contributed by atoms with Gasteiger partial charge in [-0.15, -0.1) is 13.2 Å². The summed E-state index contributed by atoms with van der Waals surface area (Å²) in [6, 6.07) is 4.96. The molecule has 0 radical (unpaired) electrons. The number of carbonyl (C=O) groups is 1. The molecule has 4 aliphatic carbocycles.